The Kier molecular flexibility index (Phi) is 3.78. The van der Waals surface area contributed by atoms with Gasteiger partial charge in [-0.3, -0.25) is 4.79 Å². The summed E-state index contributed by atoms with van der Waals surface area (Å²) >= 11 is 0. The monoisotopic (exact) mass is 309 g/mol. The van der Waals surface area contributed by atoms with E-state index in [4.69, 9.17) is 4.42 Å². The highest BCUT2D eigenvalue weighted by atomic mass is 16.3. The molecule has 0 unspecified atom stereocenters. The van der Waals surface area contributed by atoms with Crippen molar-refractivity contribution in [1.82, 2.24) is 9.78 Å². The van der Waals surface area contributed by atoms with Gasteiger partial charge >= 0.3 is 0 Å². The van der Waals surface area contributed by atoms with Crippen LogP contribution in [0.4, 0.5) is 5.82 Å². The zero-order chi connectivity index (χ0) is 16.6. The van der Waals surface area contributed by atoms with Crippen LogP contribution >= 0.6 is 0 Å². The lowest BCUT2D eigenvalue weighted by atomic mass is 10.1. The number of benzene rings is 1. The molecule has 0 aliphatic carbocycles. The summed E-state index contributed by atoms with van der Waals surface area (Å²) in [5, 5.41) is 7.41. The van der Waals surface area contributed by atoms with Crippen molar-refractivity contribution in [2.24, 2.45) is 0 Å². The van der Waals surface area contributed by atoms with Gasteiger partial charge in [0.1, 0.15) is 11.6 Å². The number of anilines is 1. The maximum absolute atomic E-state index is 12.4. The molecule has 0 bridgehead atoms. The van der Waals surface area contributed by atoms with Crippen molar-refractivity contribution < 1.29 is 9.21 Å². The summed E-state index contributed by atoms with van der Waals surface area (Å²) in [6.45, 7) is 7.75. The number of nitrogens with zero attached hydrogens (tertiary/aromatic N) is 2. The smallest absolute Gasteiger partial charge is 0.260 e. The van der Waals surface area contributed by atoms with Crippen LogP contribution in [0.25, 0.3) is 5.69 Å². The molecule has 2 aromatic heterocycles. The first kappa shape index (κ1) is 15.1. The van der Waals surface area contributed by atoms with Gasteiger partial charge in [0.05, 0.1) is 23.2 Å². The molecule has 0 aliphatic heterocycles. The molecule has 0 saturated heterocycles. The maximum atomic E-state index is 12.4. The van der Waals surface area contributed by atoms with Gasteiger partial charge in [-0.25, -0.2) is 4.68 Å². The fraction of sp³-hybridized carbons (Fsp3) is 0.222. The quantitative estimate of drug-likeness (QED) is 0.797. The number of amides is 1. The third kappa shape index (κ3) is 3.04. The molecule has 0 saturated carbocycles. The zero-order valence-corrected chi connectivity index (χ0v) is 13.7. The molecule has 3 rings (SSSR count). The lowest BCUT2D eigenvalue weighted by Gasteiger charge is -2.10. The Hall–Kier alpha value is -2.82. The van der Waals surface area contributed by atoms with Gasteiger partial charge in [-0.15, -0.1) is 0 Å². The van der Waals surface area contributed by atoms with Crippen LogP contribution in [0.3, 0.4) is 0 Å². The topological polar surface area (TPSA) is 60.1 Å². The van der Waals surface area contributed by atoms with Crippen molar-refractivity contribution >= 4 is 11.7 Å². The number of carbonyl (C=O) groups excluding carboxylic acids is 1. The van der Waals surface area contributed by atoms with Gasteiger partial charge in [-0.1, -0.05) is 6.07 Å². The molecule has 3 aromatic rings. The van der Waals surface area contributed by atoms with E-state index in [0.29, 0.717) is 17.1 Å². The van der Waals surface area contributed by atoms with Crippen molar-refractivity contribution in [2.75, 3.05) is 5.32 Å². The van der Waals surface area contributed by atoms with Crippen LogP contribution in [0.1, 0.15) is 32.9 Å². The first-order valence-electron chi connectivity index (χ1n) is 7.45. The lowest BCUT2D eigenvalue weighted by Crippen LogP contribution is -2.15. The summed E-state index contributed by atoms with van der Waals surface area (Å²) in [7, 11) is 0. The zero-order valence-electron chi connectivity index (χ0n) is 13.7. The van der Waals surface area contributed by atoms with Crippen molar-refractivity contribution in [1.29, 1.82) is 0 Å². The molecule has 0 radical (unpaired) electrons. The Morgan fingerprint density at radius 2 is 1.78 bits per heavy atom. The van der Waals surface area contributed by atoms with E-state index in [0.717, 1.165) is 22.5 Å². The van der Waals surface area contributed by atoms with E-state index in [1.54, 1.807) is 17.7 Å². The molecule has 118 valence electrons. The van der Waals surface area contributed by atoms with Gasteiger partial charge in [0.15, 0.2) is 0 Å². The summed E-state index contributed by atoms with van der Waals surface area (Å²) in [5.41, 5.74) is 4.58. The fourth-order valence-corrected chi connectivity index (χ4v) is 2.66. The Morgan fingerprint density at radius 1 is 1.09 bits per heavy atom. The molecule has 1 aromatic carbocycles. The van der Waals surface area contributed by atoms with Crippen LogP contribution < -0.4 is 5.32 Å². The number of rotatable bonds is 3. The second kappa shape index (κ2) is 5.76. The number of hydrogen-bond acceptors (Lipinski definition) is 3. The number of carbonyl (C=O) groups is 1. The van der Waals surface area contributed by atoms with E-state index in [9.17, 15) is 4.79 Å². The van der Waals surface area contributed by atoms with Crippen LogP contribution in [-0.4, -0.2) is 15.7 Å². The summed E-state index contributed by atoms with van der Waals surface area (Å²) < 4.78 is 6.94. The molecule has 1 amide bonds. The third-order valence-electron chi connectivity index (χ3n) is 3.63. The van der Waals surface area contributed by atoms with Crippen LogP contribution in [0.15, 0.2) is 41.0 Å². The molecule has 0 atom stereocenters. The van der Waals surface area contributed by atoms with E-state index < -0.39 is 0 Å². The Labute approximate surface area is 134 Å². The molecular weight excluding hydrogens is 290 g/mol. The number of aryl methyl sites for hydroxylation is 4. The minimum Gasteiger partial charge on any atom is -0.469 e. The minimum atomic E-state index is -0.207. The average molecular weight is 309 g/mol. The number of aromatic nitrogens is 2. The normalized spacial score (nSPS) is 10.8. The van der Waals surface area contributed by atoms with Crippen molar-refractivity contribution in [2.45, 2.75) is 27.7 Å². The molecular formula is C18H19N3O2. The first-order chi connectivity index (χ1) is 10.9. The molecule has 23 heavy (non-hydrogen) atoms. The highest BCUT2D eigenvalue weighted by Crippen LogP contribution is 2.21. The molecule has 2 heterocycles. The van der Waals surface area contributed by atoms with Gasteiger partial charge in [-0.2, -0.15) is 5.10 Å². The Bertz CT molecular complexity index is 854. The first-order valence-corrected chi connectivity index (χ1v) is 7.45. The molecule has 5 heteroatoms. The van der Waals surface area contributed by atoms with E-state index >= 15 is 0 Å². The summed E-state index contributed by atoms with van der Waals surface area (Å²) in [6, 6.07) is 9.70. The maximum Gasteiger partial charge on any atom is 0.260 e. The van der Waals surface area contributed by atoms with Crippen LogP contribution in [0, 0.1) is 27.7 Å². The predicted molar refractivity (Wildman–Crippen MR) is 89.2 cm³/mol. The van der Waals surface area contributed by atoms with Gasteiger partial charge < -0.3 is 9.73 Å². The van der Waals surface area contributed by atoms with Crippen LogP contribution in [-0.2, 0) is 0 Å². The van der Waals surface area contributed by atoms with Gasteiger partial charge in [-0.05, 0) is 57.0 Å². The summed E-state index contributed by atoms with van der Waals surface area (Å²) in [4.78, 5) is 12.4. The SMILES string of the molecule is Cc1cc(C)cc(-n2nc(C)cc2NC(=O)c2ccoc2C)c1. The Morgan fingerprint density at radius 3 is 2.39 bits per heavy atom. The lowest BCUT2D eigenvalue weighted by molar-refractivity contribution is 0.102. The van der Waals surface area contributed by atoms with E-state index in [2.05, 4.69) is 16.5 Å². The van der Waals surface area contributed by atoms with Crippen LogP contribution in [0.2, 0.25) is 0 Å². The van der Waals surface area contributed by atoms with Crippen molar-refractivity contribution in [3.8, 4) is 5.69 Å². The van der Waals surface area contributed by atoms with Gasteiger partial charge in [0, 0.05) is 6.07 Å². The third-order valence-corrected chi connectivity index (χ3v) is 3.63. The average Bonchev–Trinajstić information content (AvgIpc) is 3.03. The molecule has 0 spiro atoms. The second-order valence-electron chi connectivity index (χ2n) is 5.77. The molecule has 0 aliphatic rings. The molecule has 5 nitrogen and oxygen atoms in total. The molecule has 0 fully saturated rings. The van der Waals surface area contributed by atoms with E-state index in [-0.39, 0.29) is 5.91 Å². The fourth-order valence-electron chi connectivity index (χ4n) is 2.66. The number of furan rings is 1. The number of hydrogen-bond donors (Lipinski definition) is 1. The summed E-state index contributed by atoms with van der Waals surface area (Å²) in [6.07, 6.45) is 1.51. The minimum absolute atomic E-state index is 0.207. The van der Waals surface area contributed by atoms with E-state index in [1.807, 2.05) is 39.0 Å². The van der Waals surface area contributed by atoms with Gasteiger partial charge in [0.2, 0.25) is 0 Å². The predicted octanol–water partition coefficient (Wildman–Crippen LogP) is 3.95. The highest BCUT2D eigenvalue weighted by Gasteiger charge is 2.15. The Balaban J connectivity index is 1.98. The summed E-state index contributed by atoms with van der Waals surface area (Å²) in [5.74, 6) is 1.02. The van der Waals surface area contributed by atoms with Gasteiger partial charge in [0.25, 0.3) is 5.91 Å². The van der Waals surface area contributed by atoms with E-state index in [1.165, 1.54) is 6.26 Å². The largest absolute Gasteiger partial charge is 0.469 e. The standard InChI is InChI=1S/C18H19N3O2/c1-11-7-12(2)9-15(8-11)21-17(10-13(3)20-21)19-18(22)16-5-6-23-14(16)4/h5-10H,1-4H3,(H,19,22). The number of nitrogens with one attached hydrogen (secondary N) is 1. The van der Waals surface area contributed by atoms with Crippen LogP contribution in [0.5, 0.6) is 0 Å². The van der Waals surface area contributed by atoms with Crippen molar-refractivity contribution in [3.63, 3.8) is 0 Å². The molecule has 1 N–H and O–H groups in total. The highest BCUT2D eigenvalue weighted by molar-refractivity contribution is 6.04. The van der Waals surface area contributed by atoms with Crippen molar-refractivity contribution in [3.05, 3.63) is 64.7 Å². The second-order valence-corrected chi connectivity index (χ2v) is 5.77.